The van der Waals surface area contributed by atoms with Crippen LogP contribution in [0.5, 0.6) is 0 Å². The van der Waals surface area contributed by atoms with Gasteiger partial charge in [-0.1, -0.05) is 18.2 Å². The molecule has 0 bridgehead atoms. The maximum absolute atomic E-state index is 13.6. The molecule has 1 heterocycles. The SMILES string of the molecule is Cc1cc(C(=O)Nc2ccc(C(=O)NCc3ccccc3F)cc2)c(C)o1. The maximum atomic E-state index is 13.6. The molecule has 0 saturated carbocycles. The standard InChI is InChI=1S/C21H19FN2O3/c1-13-11-18(14(2)27-13)21(26)24-17-9-7-15(8-10-17)20(25)23-12-16-5-3-4-6-19(16)22/h3-11H,12H2,1-2H3,(H,23,25)(H,24,26). The molecule has 5 nitrogen and oxygen atoms in total. The fourth-order valence-corrected chi connectivity index (χ4v) is 2.68. The summed E-state index contributed by atoms with van der Waals surface area (Å²) in [5, 5.41) is 5.44. The fraction of sp³-hybridized carbons (Fsp3) is 0.143. The van der Waals surface area contributed by atoms with Gasteiger partial charge in [0, 0.05) is 23.4 Å². The second-order valence-corrected chi connectivity index (χ2v) is 6.13. The highest BCUT2D eigenvalue weighted by Gasteiger charge is 2.14. The molecule has 0 fully saturated rings. The molecule has 0 saturated heterocycles. The number of halogens is 1. The Balaban J connectivity index is 1.61. The van der Waals surface area contributed by atoms with Crippen molar-refractivity contribution in [3.63, 3.8) is 0 Å². The maximum Gasteiger partial charge on any atom is 0.259 e. The molecule has 6 heteroatoms. The summed E-state index contributed by atoms with van der Waals surface area (Å²) in [6, 6.07) is 14.4. The van der Waals surface area contributed by atoms with Crippen LogP contribution in [0.15, 0.2) is 59.0 Å². The first-order valence-corrected chi connectivity index (χ1v) is 8.44. The topological polar surface area (TPSA) is 71.3 Å². The fourth-order valence-electron chi connectivity index (χ4n) is 2.68. The number of furan rings is 1. The summed E-state index contributed by atoms with van der Waals surface area (Å²) in [4.78, 5) is 24.5. The number of carbonyl (C=O) groups excluding carboxylic acids is 2. The number of aryl methyl sites for hydroxylation is 2. The van der Waals surface area contributed by atoms with Gasteiger partial charge in [0.15, 0.2) is 0 Å². The average molecular weight is 366 g/mol. The van der Waals surface area contributed by atoms with Gasteiger partial charge in [-0.05, 0) is 50.2 Å². The Labute approximate surface area is 156 Å². The van der Waals surface area contributed by atoms with Crippen LogP contribution in [0.2, 0.25) is 0 Å². The highest BCUT2D eigenvalue weighted by molar-refractivity contribution is 6.05. The Morgan fingerprint density at radius 3 is 2.33 bits per heavy atom. The Bertz CT molecular complexity index is 977. The third kappa shape index (κ3) is 4.41. The summed E-state index contributed by atoms with van der Waals surface area (Å²) in [5.41, 5.74) is 1.86. The molecule has 27 heavy (non-hydrogen) atoms. The normalized spacial score (nSPS) is 10.5. The van der Waals surface area contributed by atoms with Gasteiger partial charge < -0.3 is 15.1 Å². The number of amides is 2. The lowest BCUT2D eigenvalue weighted by molar-refractivity contribution is 0.0950. The van der Waals surface area contributed by atoms with E-state index in [9.17, 15) is 14.0 Å². The van der Waals surface area contributed by atoms with E-state index in [1.54, 1.807) is 62.4 Å². The van der Waals surface area contributed by atoms with Crippen molar-refractivity contribution in [1.29, 1.82) is 0 Å². The largest absolute Gasteiger partial charge is 0.466 e. The van der Waals surface area contributed by atoms with Crippen molar-refractivity contribution < 1.29 is 18.4 Å². The predicted molar refractivity (Wildman–Crippen MR) is 100 cm³/mol. The molecular weight excluding hydrogens is 347 g/mol. The quantitative estimate of drug-likeness (QED) is 0.710. The summed E-state index contributed by atoms with van der Waals surface area (Å²) in [7, 11) is 0. The van der Waals surface area contributed by atoms with E-state index in [0.29, 0.717) is 33.9 Å². The van der Waals surface area contributed by atoms with E-state index >= 15 is 0 Å². The summed E-state index contributed by atoms with van der Waals surface area (Å²) in [5.74, 6) is 0.257. The summed E-state index contributed by atoms with van der Waals surface area (Å²) in [6.07, 6.45) is 0. The van der Waals surface area contributed by atoms with E-state index in [0.717, 1.165) is 0 Å². The Kier molecular flexibility index (Phi) is 5.35. The van der Waals surface area contributed by atoms with E-state index < -0.39 is 0 Å². The molecule has 0 unspecified atom stereocenters. The number of carbonyl (C=O) groups is 2. The van der Waals surface area contributed by atoms with Gasteiger partial charge in [-0.3, -0.25) is 9.59 Å². The molecular formula is C21H19FN2O3. The highest BCUT2D eigenvalue weighted by Crippen LogP contribution is 2.17. The predicted octanol–water partition coefficient (Wildman–Crippen LogP) is 4.22. The van der Waals surface area contributed by atoms with Crippen molar-refractivity contribution in [3.8, 4) is 0 Å². The van der Waals surface area contributed by atoms with Crippen molar-refractivity contribution in [1.82, 2.24) is 5.32 Å². The number of benzene rings is 2. The Morgan fingerprint density at radius 2 is 1.70 bits per heavy atom. The molecule has 2 aromatic carbocycles. The first kappa shape index (κ1) is 18.4. The summed E-state index contributed by atoms with van der Waals surface area (Å²) in [6.45, 7) is 3.60. The van der Waals surface area contributed by atoms with Crippen LogP contribution < -0.4 is 10.6 Å². The van der Waals surface area contributed by atoms with Gasteiger partial charge >= 0.3 is 0 Å². The first-order valence-electron chi connectivity index (χ1n) is 8.44. The lowest BCUT2D eigenvalue weighted by Crippen LogP contribution is -2.23. The second-order valence-electron chi connectivity index (χ2n) is 6.13. The molecule has 0 radical (unpaired) electrons. The van der Waals surface area contributed by atoms with Gasteiger partial charge in [0.05, 0.1) is 5.56 Å². The molecule has 138 valence electrons. The first-order chi connectivity index (χ1) is 12.9. The third-order valence-corrected chi connectivity index (χ3v) is 4.09. The third-order valence-electron chi connectivity index (χ3n) is 4.09. The van der Waals surface area contributed by atoms with Crippen LogP contribution in [0.4, 0.5) is 10.1 Å². The van der Waals surface area contributed by atoms with Gasteiger partial charge in [-0.15, -0.1) is 0 Å². The van der Waals surface area contributed by atoms with Gasteiger partial charge in [-0.25, -0.2) is 4.39 Å². The minimum atomic E-state index is -0.361. The van der Waals surface area contributed by atoms with Crippen molar-refractivity contribution in [2.24, 2.45) is 0 Å². The number of hydrogen-bond donors (Lipinski definition) is 2. The highest BCUT2D eigenvalue weighted by atomic mass is 19.1. The van der Waals surface area contributed by atoms with Gasteiger partial charge in [0.25, 0.3) is 11.8 Å². The molecule has 3 rings (SSSR count). The van der Waals surface area contributed by atoms with Gasteiger partial charge in [0.2, 0.25) is 0 Å². The molecule has 0 aliphatic carbocycles. The molecule has 1 aromatic heterocycles. The Hall–Kier alpha value is -3.41. The van der Waals surface area contributed by atoms with Gasteiger partial charge in [-0.2, -0.15) is 0 Å². The molecule has 2 amide bonds. The van der Waals surface area contributed by atoms with Crippen molar-refractivity contribution >= 4 is 17.5 Å². The van der Waals surface area contributed by atoms with Crippen LogP contribution >= 0.6 is 0 Å². The zero-order valence-electron chi connectivity index (χ0n) is 15.0. The number of anilines is 1. The minimum Gasteiger partial charge on any atom is -0.466 e. The minimum absolute atomic E-state index is 0.100. The smallest absolute Gasteiger partial charge is 0.259 e. The molecule has 3 aromatic rings. The van der Waals surface area contributed by atoms with Gasteiger partial charge in [0.1, 0.15) is 17.3 Å². The van der Waals surface area contributed by atoms with E-state index in [1.165, 1.54) is 6.07 Å². The van der Waals surface area contributed by atoms with Crippen molar-refractivity contribution in [2.45, 2.75) is 20.4 Å². The number of hydrogen-bond acceptors (Lipinski definition) is 3. The lowest BCUT2D eigenvalue weighted by Gasteiger charge is -2.08. The number of nitrogens with one attached hydrogen (secondary N) is 2. The second kappa shape index (κ2) is 7.86. The average Bonchev–Trinajstić information content (AvgIpc) is 3.00. The zero-order chi connectivity index (χ0) is 19.4. The van der Waals surface area contributed by atoms with Crippen LogP contribution in [0, 0.1) is 19.7 Å². The van der Waals surface area contributed by atoms with Crippen LogP contribution in [0.1, 0.15) is 37.8 Å². The molecule has 0 aliphatic heterocycles. The molecule has 0 spiro atoms. The van der Waals surface area contributed by atoms with Crippen LogP contribution in [0.25, 0.3) is 0 Å². The monoisotopic (exact) mass is 366 g/mol. The number of rotatable bonds is 5. The summed E-state index contributed by atoms with van der Waals surface area (Å²) < 4.78 is 18.9. The molecule has 0 aliphatic rings. The van der Waals surface area contributed by atoms with Crippen molar-refractivity contribution in [2.75, 3.05) is 5.32 Å². The zero-order valence-corrected chi connectivity index (χ0v) is 15.0. The molecule has 0 atom stereocenters. The van der Waals surface area contributed by atoms with E-state index in [1.807, 2.05) is 0 Å². The lowest BCUT2D eigenvalue weighted by atomic mass is 10.1. The summed E-state index contributed by atoms with van der Waals surface area (Å²) >= 11 is 0. The van der Waals surface area contributed by atoms with Crippen LogP contribution in [-0.4, -0.2) is 11.8 Å². The van der Waals surface area contributed by atoms with Crippen LogP contribution in [0.3, 0.4) is 0 Å². The van der Waals surface area contributed by atoms with E-state index in [-0.39, 0.29) is 24.2 Å². The van der Waals surface area contributed by atoms with Crippen LogP contribution in [-0.2, 0) is 6.54 Å². The molecule has 2 N–H and O–H groups in total. The van der Waals surface area contributed by atoms with Crippen molar-refractivity contribution in [3.05, 3.63) is 88.6 Å². The van der Waals surface area contributed by atoms with E-state index in [4.69, 9.17) is 4.42 Å². The Morgan fingerprint density at radius 1 is 1.00 bits per heavy atom. The van der Waals surface area contributed by atoms with E-state index in [2.05, 4.69) is 10.6 Å².